The summed E-state index contributed by atoms with van der Waals surface area (Å²) in [5, 5.41) is 35.7. The summed E-state index contributed by atoms with van der Waals surface area (Å²) < 4.78 is 17.1. The summed E-state index contributed by atoms with van der Waals surface area (Å²) in [6, 6.07) is 20.9. The van der Waals surface area contributed by atoms with Gasteiger partial charge >= 0.3 is 0 Å². The smallest absolute Gasteiger partial charge is 0.274 e. The van der Waals surface area contributed by atoms with Crippen LogP contribution in [0.1, 0.15) is 45.6 Å². The molecule has 0 unspecified atom stereocenters. The summed E-state index contributed by atoms with van der Waals surface area (Å²) in [4.78, 5) is 24.9. The Hall–Kier alpha value is -5.34. The Bertz CT molecular complexity index is 2250. The van der Waals surface area contributed by atoms with E-state index in [1.165, 1.54) is 7.11 Å². The molecule has 0 radical (unpaired) electrons. The number of aliphatic hydroxyl groups excluding tert-OH is 1. The van der Waals surface area contributed by atoms with Gasteiger partial charge in [-0.25, -0.2) is 4.98 Å². The predicted octanol–water partition coefficient (Wildman–Crippen LogP) is 6.24. The van der Waals surface area contributed by atoms with Crippen LogP contribution in [0.3, 0.4) is 0 Å². The van der Waals surface area contributed by atoms with E-state index in [1.54, 1.807) is 18.3 Å². The molecular formula is C40H38ClN7O5. The Morgan fingerprint density at radius 3 is 2.70 bits per heavy atom. The Morgan fingerprint density at radius 1 is 1.13 bits per heavy atom. The van der Waals surface area contributed by atoms with E-state index in [0.29, 0.717) is 83.0 Å². The standard InChI is InChI=1S/C40H38ClN7O5/c1-23-28(5-3-6-29(23)40-47-33-14-25(13-26(16-43)38(33)53-40)21-48-19-24(20-48)9-11-42)30-7-4-8-32(37(30)41)46-39(50)34-15-36(51-2)27(18-45-34)17-44-31-10-12-52-22-35(31)49/h3-8,13-15,18,24,31,35,44,49H,9-10,12,17,19-22H2,1-2H3,(H,46,50)/t31-,35-/m1/s1. The average molecular weight is 732 g/mol. The van der Waals surface area contributed by atoms with Crippen molar-refractivity contribution in [2.24, 2.45) is 5.92 Å². The minimum absolute atomic E-state index is 0.110. The van der Waals surface area contributed by atoms with Crippen LogP contribution in [0.5, 0.6) is 5.75 Å². The molecular weight excluding hydrogens is 694 g/mol. The molecule has 5 aromatic rings. The van der Waals surface area contributed by atoms with Crippen LogP contribution in [0, 0.1) is 35.5 Å². The van der Waals surface area contributed by atoms with Gasteiger partial charge in [0.2, 0.25) is 5.89 Å². The van der Waals surface area contributed by atoms with Gasteiger partial charge in [-0.3, -0.25) is 14.7 Å². The van der Waals surface area contributed by atoms with Crippen LogP contribution >= 0.6 is 11.6 Å². The molecule has 0 spiro atoms. The number of pyridine rings is 1. The molecule has 0 aliphatic carbocycles. The molecule has 7 rings (SSSR count). The number of amides is 1. The van der Waals surface area contributed by atoms with Crippen molar-refractivity contribution in [1.82, 2.24) is 20.2 Å². The Morgan fingerprint density at radius 2 is 1.92 bits per heavy atom. The van der Waals surface area contributed by atoms with Gasteiger partial charge in [0.1, 0.15) is 23.0 Å². The Balaban J connectivity index is 1.10. The van der Waals surface area contributed by atoms with Gasteiger partial charge in [-0.15, -0.1) is 0 Å². The van der Waals surface area contributed by atoms with Gasteiger partial charge in [-0.1, -0.05) is 35.9 Å². The monoisotopic (exact) mass is 731 g/mol. The second kappa shape index (κ2) is 15.7. The number of nitrogens with one attached hydrogen (secondary N) is 2. The van der Waals surface area contributed by atoms with E-state index >= 15 is 0 Å². The molecule has 2 aliphatic heterocycles. The first-order valence-electron chi connectivity index (χ1n) is 17.4. The van der Waals surface area contributed by atoms with Gasteiger partial charge in [0.05, 0.1) is 42.2 Å². The zero-order valence-corrected chi connectivity index (χ0v) is 30.1. The second-order valence-corrected chi connectivity index (χ2v) is 13.8. The molecule has 270 valence electrons. The number of oxazole rings is 1. The van der Waals surface area contributed by atoms with E-state index in [4.69, 9.17) is 35.7 Å². The zero-order valence-electron chi connectivity index (χ0n) is 29.4. The van der Waals surface area contributed by atoms with Gasteiger partial charge in [0.25, 0.3) is 5.91 Å². The minimum Gasteiger partial charge on any atom is -0.496 e. The molecule has 13 heteroatoms. The fourth-order valence-corrected chi connectivity index (χ4v) is 7.27. The molecule has 3 N–H and O–H groups in total. The summed E-state index contributed by atoms with van der Waals surface area (Å²) in [7, 11) is 1.53. The van der Waals surface area contributed by atoms with Gasteiger partial charge in [-0.05, 0) is 60.2 Å². The summed E-state index contributed by atoms with van der Waals surface area (Å²) in [6.45, 7) is 5.61. The highest BCUT2D eigenvalue weighted by Crippen LogP contribution is 2.39. The highest BCUT2D eigenvalue weighted by atomic mass is 35.5. The van der Waals surface area contributed by atoms with E-state index in [-0.39, 0.29) is 18.3 Å². The number of benzene rings is 3. The molecule has 2 atom stereocenters. The normalized spacial score (nSPS) is 17.5. The van der Waals surface area contributed by atoms with Crippen LogP contribution in [-0.4, -0.2) is 71.4 Å². The number of carbonyl (C=O) groups is 1. The van der Waals surface area contributed by atoms with Crippen LogP contribution < -0.4 is 15.4 Å². The van der Waals surface area contributed by atoms with Crippen LogP contribution in [0.25, 0.3) is 33.7 Å². The quantitative estimate of drug-likeness (QED) is 0.141. The van der Waals surface area contributed by atoms with Crippen molar-refractivity contribution in [2.45, 2.75) is 45.0 Å². The predicted molar refractivity (Wildman–Crippen MR) is 199 cm³/mol. The number of nitriles is 2. The van der Waals surface area contributed by atoms with E-state index in [9.17, 15) is 15.2 Å². The maximum Gasteiger partial charge on any atom is 0.274 e. The summed E-state index contributed by atoms with van der Waals surface area (Å²) in [5.41, 5.74) is 6.85. The third-order valence-corrected chi connectivity index (χ3v) is 10.3. The number of ether oxygens (including phenoxy) is 2. The Labute approximate surface area is 311 Å². The van der Waals surface area contributed by atoms with Crippen LogP contribution in [0.2, 0.25) is 5.02 Å². The number of hydrogen-bond donors (Lipinski definition) is 3. The average Bonchev–Trinajstić information content (AvgIpc) is 3.58. The Kier molecular flexibility index (Phi) is 10.7. The first-order chi connectivity index (χ1) is 25.8. The maximum absolute atomic E-state index is 13.4. The van der Waals surface area contributed by atoms with Gasteiger partial charge in [0, 0.05) is 74.2 Å². The third kappa shape index (κ3) is 7.60. The second-order valence-electron chi connectivity index (χ2n) is 13.4. The van der Waals surface area contributed by atoms with Gasteiger partial charge in [-0.2, -0.15) is 10.5 Å². The summed E-state index contributed by atoms with van der Waals surface area (Å²) >= 11 is 6.97. The van der Waals surface area contributed by atoms with E-state index < -0.39 is 12.0 Å². The summed E-state index contributed by atoms with van der Waals surface area (Å²) in [6.07, 6.45) is 2.23. The van der Waals surface area contributed by atoms with Crippen molar-refractivity contribution in [3.8, 4) is 40.5 Å². The van der Waals surface area contributed by atoms with Crippen molar-refractivity contribution in [3.63, 3.8) is 0 Å². The molecule has 2 saturated heterocycles. The number of fused-ring (bicyclic) bond motifs is 1. The van der Waals surface area contributed by atoms with Crippen LogP contribution in [0.4, 0.5) is 5.69 Å². The highest BCUT2D eigenvalue weighted by Gasteiger charge is 2.27. The van der Waals surface area contributed by atoms with Crippen LogP contribution in [-0.2, 0) is 17.8 Å². The molecule has 2 aromatic heterocycles. The molecule has 0 saturated carbocycles. The van der Waals surface area contributed by atoms with E-state index in [1.807, 2.05) is 49.4 Å². The summed E-state index contributed by atoms with van der Waals surface area (Å²) in [5.74, 6) is 0.812. The number of nitrogens with zero attached hydrogens (tertiary/aromatic N) is 5. The SMILES string of the molecule is COc1cc(C(=O)Nc2cccc(-c3cccc(-c4nc5cc(CN6CC(CC#N)C6)cc(C#N)c5o4)c3C)c2Cl)ncc1CN[C@@H]1CCOC[C@H]1O. The number of carbonyl (C=O) groups excluding carboxylic acids is 1. The molecule has 0 bridgehead atoms. The number of aromatic nitrogens is 2. The largest absolute Gasteiger partial charge is 0.496 e. The molecule has 53 heavy (non-hydrogen) atoms. The number of aliphatic hydroxyl groups is 1. The fourth-order valence-electron chi connectivity index (χ4n) is 7.00. The minimum atomic E-state index is -0.598. The van der Waals surface area contributed by atoms with Crippen molar-refractivity contribution in [2.75, 3.05) is 38.7 Å². The van der Waals surface area contributed by atoms with E-state index in [0.717, 1.165) is 40.9 Å². The topological polar surface area (TPSA) is 170 Å². The first-order valence-corrected chi connectivity index (χ1v) is 17.8. The number of methoxy groups -OCH3 is 1. The number of likely N-dealkylation sites (tertiary alicyclic amines) is 1. The third-order valence-electron chi connectivity index (χ3n) is 9.87. The number of halogens is 1. The van der Waals surface area contributed by atoms with Crippen molar-refractivity contribution in [1.29, 1.82) is 10.5 Å². The van der Waals surface area contributed by atoms with Crippen LogP contribution in [0.15, 0.2) is 65.2 Å². The molecule has 3 aromatic carbocycles. The first kappa shape index (κ1) is 36.0. The molecule has 2 fully saturated rings. The van der Waals surface area contributed by atoms with Gasteiger partial charge in [0.15, 0.2) is 5.58 Å². The lowest BCUT2D eigenvalue weighted by molar-refractivity contribution is -0.0281. The van der Waals surface area contributed by atoms with Crippen molar-refractivity contribution < 1.29 is 23.8 Å². The molecule has 2 aliphatic rings. The molecule has 4 heterocycles. The van der Waals surface area contributed by atoms with Crippen molar-refractivity contribution >= 4 is 34.3 Å². The lowest BCUT2D eigenvalue weighted by Crippen LogP contribution is -2.46. The highest BCUT2D eigenvalue weighted by molar-refractivity contribution is 6.36. The van der Waals surface area contributed by atoms with E-state index in [2.05, 4.69) is 32.7 Å². The van der Waals surface area contributed by atoms with Gasteiger partial charge < -0.3 is 29.6 Å². The maximum atomic E-state index is 13.4. The zero-order chi connectivity index (χ0) is 37.1. The molecule has 12 nitrogen and oxygen atoms in total. The number of rotatable bonds is 11. The lowest BCUT2D eigenvalue weighted by atomic mass is 9.96. The number of anilines is 1. The fraction of sp³-hybridized carbons (Fsp3) is 0.325. The van der Waals surface area contributed by atoms with Crippen molar-refractivity contribution in [3.05, 3.63) is 93.8 Å². The molecule has 1 amide bonds. The lowest BCUT2D eigenvalue weighted by Gasteiger charge is -2.38. The number of hydrogen-bond acceptors (Lipinski definition) is 11.